The van der Waals surface area contributed by atoms with Crippen molar-refractivity contribution in [2.75, 3.05) is 31.5 Å². The van der Waals surface area contributed by atoms with E-state index in [9.17, 15) is 9.59 Å². The molecule has 2 saturated heterocycles. The number of piperidine rings is 2. The van der Waals surface area contributed by atoms with Gasteiger partial charge in [0.15, 0.2) is 5.13 Å². The molecule has 0 aliphatic carbocycles. The second-order valence-corrected chi connectivity index (χ2v) is 8.95. The highest BCUT2D eigenvalue weighted by molar-refractivity contribution is 7.13. The molecule has 2 aromatic rings. The Hall–Kier alpha value is -2.52. The van der Waals surface area contributed by atoms with E-state index < -0.39 is 6.09 Å². The molecule has 2 aliphatic rings. The number of carbonyl (C=O) groups excluding carboxylic acids is 2. The smallest absolute Gasteiger partial charge is 0.413 e. The van der Waals surface area contributed by atoms with Crippen LogP contribution in [-0.4, -0.2) is 64.0 Å². The Morgan fingerprint density at radius 3 is 2.71 bits per heavy atom. The van der Waals surface area contributed by atoms with Crippen LogP contribution in [0.1, 0.15) is 43.4 Å². The minimum atomic E-state index is -0.573. The lowest BCUT2D eigenvalue weighted by Gasteiger charge is -2.40. The van der Waals surface area contributed by atoms with Crippen LogP contribution in [0.5, 0.6) is 0 Å². The molecule has 9 heteroatoms. The van der Waals surface area contributed by atoms with Crippen molar-refractivity contribution in [1.82, 2.24) is 19.8 Å². The molecule has 0 atom stereocenters. The number of likely N-dealkylation sites (tertiary alicyclic amines) is 2. The van der Waals surface area contributed by atoms with Gasteiger partial charge in [-0.1, -0.05) is 12.5 Å². The molecule has 1 N–H and O–H groups in total. The van der Waals surface area contributed by atoms with Crippen LogP contribution < -0.4 is 5.32 Å². The molecule has 166 valence electrons. The fourth-order valence-corrected chi connectivity index (χ4v) is 4.93. The number of aromatic nitrogens is 2. The highest BCUT2D eigenvalue weighted by Crippen LogP contribution is 2.22. The number of thiazole rings is 1. The van der Waals surface area contributed by atoms with E-state index in [0.717, 1.165) is 31.5 Å². The molecule has 0 radical (unpaired) electrons. The number of anilines is 1. The number of nitrogens with zero attached hydrogens (tertiary/aromatic N) is 4. The van der Waals surface area contributed by atoms with Crippen LogP contribution in [0.3, 0.4) is 0 Å². The van der Waals surface area contributed by atoms with Crippen molar-refractivity contribution in [3.63, 3.8) is 0 Å². The predicted octanol–water partition coefficient (Wildman–Crippen LogP) is 3.31. The Labute approximate surface area is 186 Å². The van der Waals surface area contributed by atoms with E-state index in [2.05, 4.69) is 20.2 Å². The van der Waals surface area contributed by atoms with E-state index >= 15 is 0 Å². The summed E-state index contributed by atoms with van der Waals surface area (Å²) in [5, 5.41) is 4.87. The summed E-state index contributed by atoms with van der Waals surface area (Å²) in [6, 6.07) is 4.25. The zero-order valence-electron chi connectivity index (χ0n) is 17.7. The monoisotopic (exact) mass is 443 g/mol. The number of rotatable bonds is 6. The first kappa shape index (κ1) is 21.7. The first-order valence-electron chi connectivity index (χ1n) is 11.0. The summed E-state index contributed by atoms with van der Waals surface area (Å²) >= 11 is 1.29. The van der Waals surface area contributed by atoms with Gasteiger partial charge >= 0.3 is 6.09 Å². The number of carbonyl (C=O) groups is 2. The van der Waals surface area contributed by atoms with Crippen molar-refractivity contribution < 1.29 is 14.3 Å². The normalized spacial score (nSPS) is 18.0. The van der Waals surface area contributed by atoms with Gasteiger partial charge in [-0.05, 0) is 44.8 Å². The van der Waals surface area contributed by atoms with Crippen molar-refractivity contribution in [3.8, 4) is 0 Å². The molecule has 2 aromatic heterocycles. The second-order valence-electron chi connectivity index (χ2n) is 8.09. The zero-order chi connectivity index (χ0) is 21.5. The quantitative estimate of drug-likeness (QED) is 0.737. The van der Waals surface area contributed by atoms with Gasteiger partial charge in [-0.25, -0.2) is 9.78 Å². The van der Waals surface area contributed by atoms with Crippen molar-refractivity contribution in [2.24, 2.45) is 0 Å². The van der Waals surface area contributed by atoms with Crippen molar-refractivity contribution >= 4 is 28.5 Å². The SMILES string of the molecule is O=C(Nc1nc(CC(=O)N2CCC(N3CCCCC3)CC2)cs1)OCc1cccnc1. The van der Waals surface area contributed by atoms with Gasteiger partial charge in [0.1, 0.15) is 6.61 Å². The third-order valence-corrected chi connectivity index (χ3v) is 6.72. The van der Waals surface area contributed by atoms with Gasteiger partial charge in [0.05, 0.1) is 12.1 Å². The lowest BCUT2D eigenvalue weighted by atomic mass is 9.99. The fraction of sp³-hybridized carbons (Fsp3) is 0.545. The molecule has 2 aliphatic heterocycles. The summed E-state index contributed by atoms with van der Waals surface area (Å²) in [6.07, 6.45) is 9.06. The van der Waals surface area contributed by atoms with Gasteiger partial charge in [-0.2, -0.15) is 0 Å². The number of hydrogen-bond acceptors (Lipinski definition) is 7. The molecule has 0 spiro atoms. The number of nitrogens with one attached hydrogen (secondary N) is 1. The Balaban J connectivity index is 1.19. The summed E-state index contributed by atoms with van der Waals surface area (Å²) in [5.74, 6) is 0.105. The van der Waals surface area contributed by atoms with Crippen molar-refractivity contribution in [3.05, 3.63) is 41.2 Å². The highest BCUT2D eigenvalue weighted by atomic mass is 32.1. The van der Waals surface area contributed by atoms with Crippen molar-refractivity contribution in [2.45, 2.75) is 51.2 Å². The molecule has 8 nitrogen and oxygen atoms in total. The van der Waals surface area contributed by atoms with Crippen LogP contribution in [0.15, 0.2) is 29.9 Å². The fourth-order valence-electron chi connectivity index (χ4n) is 4.23. The molecule has 2 fully saturated rings. The van der Waals surface area contributed by atoms with E-state index in [1.807, 2.05) is 16.3 Å². The molecule has 4 heterocycles. The Kier molecular flexibility index (Phi) is 7.48. The lowest BCUT2D eigenvalue weighted by Crippen LogP contribution is -2.48. The van der Waals surface area contributed by atoms with Crippen LogP contribution in [0.4, 0.5) is 9.93 Å². The Bertz CT molecular complexity index is 861. The first-order chi connectivity index (χ1) is 15.2. The summed E-state index contributed by atoms with van der Waals surface area (Å²) in [7, 11) is 0. The number of pyridine rings is 1. The predicted molar refractivity (Wildman–Crippen MR) is 119 cm³/mol. The van der Waals surface area contributed by atoms with Gasteiger partial charge in [-0.15, -0.1) is 11.3 Å². The number of hydrogen-bond donors (Lipinski definition) is 1. The second kappa shape index (κ2) is 10.7. The maximum absolute atomic E-state index is 12.7. The molecule has 4 rings (SSSR count). The Morgan fingerprint density at radius 2 is 1.97 bits per heavy atom. The van der Waals surface area contributed by atoms with E-state index in [1.54, 1.807) is 18.5 Å². The van der Waals surface area contributed by atoms with Crippen LogP contribution in [0, 0.1) is 0 Å². The standard InChI is InChI=1S/C22H29N5O3S/c28-20(27-11-6-19(7-12-27)26-9-2-1-3-10-26)13-18-16-31-21(24-18)25-22(29)30-15-17-5-4-8-23-14-17/h4-5,8,14,16,19H,1-3,6-7,9-13,15H2,(H,24,25,29). The Morgan fingerprint density at radius 1 is 1.16 bits per heavy atom. The maximum atomic E-state index is 12.7. The van der Waals surface area contributed by atoms with E-state index in [1.165, 1.54) is 43.7 Å². The van der Waals surface area contributed by atoms with Gasteiger partial charge in [0, 0.05) is 42.5 Å². The minimum Gasteiger partial charge on any atom is -0.444 e. The molecule has 0 bridgehead atoms. The largest absolute Gasteiger partial charge is 0.444 e. The third kappa shape index (κ3) is 6.24. The molecule has 0 unspecified atom stereocenters. The van der Waals surface area contributed by atoms with E-state index in [0.29, 0.717) is 16.9 Å². The highest BCUT2D eigenvalue weighted by Gasteiger charge is 2.27. The molecule has 2 amide bonds. The van der Waals surface area contributed by atoms with Crippen molar-refractivity contribution in [1.29, 1.82) is 0 Å². The van der Waals surface area contributed by atoms with Gasteiger partial charge < -0.3 is 14.5 Å². The first-order valence-corrected chi connectivity index (χ1v) is 11.8. The van der Waals surface area contributed by atoms with E-state index in [4.69, 9.17) is 4.74 Å². The number of amides is 2. The molecular formula is C22H29N5O3S. The average Bonchev–Trinajstić information content (AvgIpc) is 3.25. The molecule has 0 saturated carbocycles. The minimum absolute atomic E-state index is 0.105. The summed E-state index contributed by atoms with van der Waals surface area (Å²) < 4.78 is 5.18. The van der Waals surface area contributed by atoms with Crippen LogP contribution in [0.2, 0.25) is 0 Å². The van der Waals surface area contributed by atoms with Gasteiger partial charge in [0.2, 0.25) is 5.91 Å². The molecular weight excluding hydrogens is 414 g/mol. The summed E-state index contributed by atoms with van der Waals surface area (Å²) in [6.45, 7) is 4.19. The van der Waals surface area contributed by atoms with Crippen LogP contribution >= 0.6 is 11.3 Å². The lowest BCUT2D eigenvalue weighted by molar-refractivity contribution is -0.132. The molecule has 31 heavy (non-hydrogen) atoms. The van der Waals surface area contributed by atoms with E-state index in [-0.39, 0.29) is 18.9 Å². The summed E-state index contributed by atoms with van der Waals surface area (Å²) in [4.78, 5) is 37.6. The van der Waals surface area contributed by atoms with Gasteiger partial charge in [-0.3, -0.25) is 15.1 Å². The van der Waals surface area contributed by atoms with Gasteiger partial charge in [0.25, 0.3) is 0 Å². The maximum Gasteiger partial charge on any atom is 0.413 e. The zero-order valence-corrected chi connectivity index (χ0v) is 18.5. The average molecular weight is 444 g/mol. The summed E-state index contributed by atoms with van der Waals surface area (Å²) in [5.41, 5.74) is 1.49. The third-order valence-electron chi connectivity index (χ3n) is 5.91. The number of ether oxygens (including phenoxy) is 1. The van der Waals surface area contributed by atoms with Crippen LogP contribution in [0.25, 0.3) is 0 Å². The molecule has 0 aromatic carbocycles. The topological polar surface area (TPSA) is 87.7 Å². The van der Waals surface area contributed by atoms with Crippen LogP contribution in [-0.2, 0) is 22.6 Å².